The molecule has 0 radical (unpaired) electrons. The molecule has 1 amide bonds. The molecule has 0 aliphatic heterocycles. The quantitative estimate of drug-likeness (QED) is 0.809. The SMILES string of the molecule is O=C(NC(Cc1ccccc1)C(=O)OC1CC2CCC1C2)c1ccco1. The van der Waals surface area contributed by atoms with Gasteiger partial charge in [0.1, 0.15) is 12.1 Å². The molecule has 2 fully saturated rings. The van der Waals surface area contributed by atoms with E-state index in [2.05, 4.69) is 5.32 Å². The van der Waals surface area contributed by atoms with Crippen LogP contribution in [0.2, 0.25) is 0 Å². The third-order valence-corrected chi connectivity index (χ3v) is 5.56. The highest BCUT2D eigenvalue weighted by Crippen LogP contribution is 2.45. The van der Waals surface area contributed by atoms with Gasteiger partial charge in [-0.25, -0.2) is 4.79 Å². The Balaban J connectivity index is 1.45. The van der Waals surface area contributed by atoms with E-state index in [-0.39, 0.29) is 17.8 Å². The zero-order chi connectivity index (χ0) is 17.9. The predicted molar refractivity (Wildman–Crippen MR) is 95.4 cm³/mol. The maximum absolute atomic E-state index is 12.8. The van der Waals surface area contributed by atoms with Gasteiger partial charge in [0.05, 0.1) is 6.26 Å². The van der Waals surface area contributed by atoms with Crippen LogP contribution < -0.4 is 5.32 Å². The number of esters is 1. The molecule has 136 valence electrons. The lowest BCUT2D eigenvalue weighted by Crippen LogP contribution is -2.45. The van der Waals surface area contributed by atoms with Gasteiger partial charge in [-0.2, -0.15) is 0 Å². The zero-order valence-corrected chi connectivity index (χ0v) is 14.6. The Morgan fingerprint density at radius 3 is 2.62 bits per heavy atom. The van der Waals surface area contributed by atoms with E-state index in [0.29, 0.717) is 18.3 Å². The summed E-state index contributed by atoms with van der Waals surface area (Å²) >= 11 is 0. The van der Waals surface area contributed by atoms with Gasteiger partial charge in [0, 0.05) is 6.42 Å². The summed E-state index contributed by atoms with van der Waals surface area (Å²) in [5.74, 6) is 0.619. The molecule has 0 saturated heterocycles. The van der Waals surface area contributed by atoms with Gasteiger partial charge < -0.3 is 14.5 Å². The Kier molecular flexibility index (Phi) is 4.78. The van der Waals surface area contributed by atoms with Gasteiger partial charge in [0.15, 0.2) is 5.76 Å². The van der Waals surface area contributed by atoms with Gasteiger partial charge >= 0.3 is 5.97 Å². The Labute approximate surface area is 152 Å². The second-order valence-corrected chi connectivity index (χ2v) is 7.34. The van der Waals surface area contributed by atoms with Crippen LogP contribution in [-0.4, -0.2) is 24.0 Å². The summed E-state index contributed by atoms with van der Waals surface area (Å²) in [5, 5.41) is 2.78. The van der Waals surface area contributed by atoms with E-state index >= 15 is 0 Å². The number of benzene rings is 1. The molecule has 5 nitrogen and oxygen atoms in total. The van der Waals surface area contributed by atoms with Crippen LogP contribution in [-0.2, 0) is 16.0 Å². The first kappa shape index (κ1) is 16.9. The number of carbonyl (C=O) groups is 2. The smallest absolute Gasteiger partial charge is 0.329 e. The van der Waals surface area contributed by atoms with Gasteiger partial charge in [0.25, 0.3) is 5.91 Å². The second-order valence-electron chi connectivity index (χ2n) is 7.34. The molecule has 1 N–H and O–H groups in total. The lowest BCUT2D eigenvalue weighted by atomic mass is 9.97. The minimum absolute atomic E-state index is 0.0000354. The van der Waals surface area contributed by atoms with Crippen molar-refractivity contribution in [3.05, 3.63) is 60.1 Å². The topological polar surface area (TPSA) is 68.5 Å². The predicted octanol–water partition coefficient (Wildman–Crippen LogP) is 3.35. The molecule has 0 spiro atoms. The average Bonchev–Trinajstić information content (AvgIpc) is 3.40. The first-order valence-corrected chi connectivity index (χ1v) is 9.28. The first-order chi connectivity index (χ1) is 12.7. The normalized spacial score (nSPS) is 25.0. The van der Waals surface area contributed by atoms with E-state index in [0.717, 1.165) is 18.4 Å². The largest absolute Gasteiger partial charge is 0.461 e. The average molecular weight is 353 g/mol. The molecule has 4 atom stereocenters. The van der Waals surface area contributed by atoms with Crippen molar-refractivity contribution in [3.8, 4) is 0 Å². The van der Waals surface area contributed by atoms with Crippen molar-refractivity contribution >= 4 is 11.9 Å². The fraction of sp³-hybridized carbons (Fsp3) is 0.429. The highest BCUT2D eigenvalue weighted by Gasteiger charge is 2.42. The van der Waals surface area contributed by atoms with Crippen LogP contribution in [0.15, 0.2) is 53.1 Å². The minimum Gasteiger partial charge on any atom is -0.461 e. The van der Waals surface area contributed by atoms with Crippen LogP contribution in [0.5, 0.6) is 0 Å². The molecule has 26 heavy (non-hydrogen) atoms. The maximum Gasteiger partial charge on any atom is 0.329 e. The Morgan fingerprint density at radius 1 is 1.12 bits per heavy atom. The molecule has 1 aromatic heterocycles. The first-order valence-electron chi connectivity index (χ1n) is 9.28. The molecule has 4 unspecified atom stereocenters. The van der Waals surface area contributed by atoms with Crippen LogP contribution in [0.1, 0.15) is 41.8 Å². The van der Waals surface area contributed by atoms with Crippen molar-refractivity contribution in [1.82, 2.24) is 5.32 Å². The van der Waals surface area contributed by atoms with Gasteiger partial charge in [-0.05, 0) is 55.2 Å². The standard InChI is InChI=1S/C21H23NO4/c23-20(18-7-4-10-25-18)22-17(12-14-5-2-1-3-6-14)21(24)26-19-13-15-8-9-16(19)11-15/h1-7,10,15-17,19H,8-9,11-13H2,(H,22,23). The van der Waals surface area contributed by atoms with Crippen LogP contribution >= 0.6 is 0 Å². The van der Waals surface area contributed by atoms with E-state index in [1.165, 1.54) is 19.1 Å². The monoisotopic (exact) mass is 353 g/mol. The fourth-order valence-corrected chi connectivity index (χ4v) is 4.24. The van der Waals surface area contributed by atoms with Crippen LogP contribution in [0, 0.1) is 11.8 Å². The van der Waals surface area contributed by atoms with Gasteiger partial charge in [-0.1, -0.05) is 30.3 Å². The third-order valence-electron chi connectivity index (χ3n) is 5.56. The van der Waals surface area contributed by atoms with Crippen molar-refractivity contribution in [2.45, 2.75) is 44.2 Å². The van der Waals surface area contributed by atoms with Crippen molar-refractivity contribution < 1.29 is 18.7 Å². The summed E-state index contributed by atoms with van der Waals surface area (Å²) in [6.45, 7) is 0. The van der Waals surface area contributed by atoms with E-state index < -0.39 is 11.9 Å². The Bertz CT molecular complexity index is 756. The number of rotatable bonds is 6. The summed E-state index contributed by atoms with van der Waals surface area (Å²) in [4.78, 5) is 25.2. The molecule has 2 aromatic rings. The molecular formula is C21H23NO4. The van der Waals surface area contributed by atoms with Gasteiger partial charge in [-0.15, -0.1) is 0 Å². The Hall–Kier alpha value is -2.56. The highest BCUT2D eigenvalue weighted by molar-refractivity contribution is 5.94. The minimum atomic E-state index is -0.728. The van der Waals surface area contributed by atoms with Crippen LogP contribution in [0.4, 0.5) is 0 Å². The molecule has 2 saturated carbocycles. The number of amides is 1. The van der Waals surface area contributed by atoms with Crippen molar-refractivity contribution in [1.29, 1.82) is 0 Å². The molecule has 2 bridgehead atoms. The summed E-state index contributed by atoms with van der Waals surface area (Å²) in [6, 6.07) is 12.1. The van der Waals surface area contributed by atoms with E-state index in [4.69, 9.17) is 9.15 Å². The van der Waals surface area contributed by atoms with Gasteiger partial charge in [-0.3, -0.25) is 4.79 Å². The molecule has 4 rings (SSSR count). The summed E-state index contributed by atoms with van der Waals surface area (Å²) < 4.78 is 10.9. The molecule has 2 aliphatic rings. The number of hydrogen-bond acceptors (Lipinski definition) is 4. The number of furan rings is 1. The number of carbonyl (C=O) groups excluding carboxylic acids is 2. The summed E-state index contributed by atoms with van der Waals surface area (Å²) in [7, 11) is 0. The van der Waals surface area contributed by atoms with E-state index in [1.807, 2.05) is 30.3 Å². The van der Waals surface area contributed by atoms with Crippen LogP contribution in [0.25, 0.3) is 0 Å². The maximum atomic E-state index is 12.8. The molecule has 2 aliphatic carbocycles. The lowest BCUT2D eigenvalue weighted by Gasteiger charge is -2.25. The molecule has 1 aromatic carbocycles. The van der Waals surface area contributed by atoms with Gasteiger partial charge in [0.2, 0.25) is 0 Å². The lowest BCUT2D eigenvalue weighted by molar-refractivity contribution is -0.153. The van der Waals surface area contributed by atoms with Crippen molar-refractivity contribution in [3.63, 3.8) is 0 Å². The number of hydrogen-bond donors (Lipinski definition) is 1. The van der Waals surface area contributed by atoms with E-state index in [9.17, 15) is 9.59 Å². The zero-order valence-electron chi connectivity index (χ0n) is 14.6. The van der Waals surface area contributed by atoms with Crippen molar-refractivity contribution in [2.24, 2.45) is 11.8 Å². The molecular weight excluding hydrogens is 330 g/mol. The summed E-state index contributed by atoms with van der Waals surface area (Å²) in [5.41, 5.74) is 0.974. The molecule has 5 heteroatoms. The number of fused-ring (bicyclic) bond motifs is 2. The third kappa shape index (κ3) is 3.66. The fourth-order valence-electron chi connectivity index (χ4n) is 4.24. The highest BCUT2D eigenvalue weighted by atomic mass is 16.5. The number of ether oxygens (including phenoxy) is 1. The molecule has 1 heterocycles. The van der Waals surface area contributed by atoms with Crippen molar-refractivity contribution in [2.75, 3.05) is 0 Å². The second kappa shape index (κ2) is 7.36. The Morgan fingerprint density at radius 2 is 1.96 bits per heavy atom. The van der Waals surface area contributed by atoms with E-state index in [1.54, 1.807) is 12.1 Å². The number of nitrogens with one attached hydrogen (secondary N) is 1. The summed E-state index contributed by atoms with van der Waals surface area (Å²) in [6.07, 6.45) is 6.36. The van der Waals surface area contributed by atoms with Crippen LogP contribution in [0.3, 0.4) is 0 Å².